The van der Waals surface area contributed by atoms with E-state index in [0.717, 1.165) is 51.4 Å². The fourth-order valence-corrected chi connectivity index (χ4v) is 9.07. The van der Waals surface area contributed by atoms with E-state index in [9.17, 15) is 14.7 Å². The van der Waals surface area contributed by atoms with Gasteiger partial charge in [-0.05, 0) is 87.4 Å². The Hall–Kier alpha value is -1.42. The maximum atomic E-state index is 12.7. The van der Waals surface area contributed by atoms with E-state index >= 15 is 0 Å². The molecular formula is C37H60O4. The molecule has 0 radical (unpaired) electrons. The maximum Gasteiger partial charge on any atom is 0.306 e. The van der Waals surface area contributed by atoms with Gasteiger partial charge in [0.15, 0.2) is 0 Å². The number of aliphatic hydroxyl groups is 1. The molecule has 0 aromatic heterocycles. The van der Waals surface area contributed by atoms with Gasteiger partial charge in [0.2, 0.25) is 0 Å². The molecule has 3 fully saturated rings. The fourth-order valence-electron chi connectivity index (χ4n) is 9.07. The number of unbranched alkanes of at least 4 members (excludes halogenated alkanes) is 11. The second kappa shape index (κ2) is 15.3. The Morgan fingerprint density at radius 2 is 1.49 bits per heavy atom. The summed E-state index contributed by atoms with van der Waals surface area (Å²) in [7, 11) is 0. The second-order valence-corrected chi connectivity index (χ2v) is 14.5. The number of esters is 1. The first-order valence-corrected chi connectivity index (χ1v) is 17.6. The normalized spacial score (nSPS) is 34.7. The predicted octanol–water partition coefficient (Wildman–Crippen LogP) is 9.44. The van der Waals surface area contributed by atoms with Crippen LogP contribution in [0.4, 0.5) is 0 Å². The monoisotopic (exact) mass is 568 g/mol. The summed E-state index contributed by atoms with van der Waals surface area (Å²) in [5.41, 5.74) is 1.12. The van der Waals surface area contributed by atoms with Gasteiger partial charge in [-0.1, -0.05) is 95.9 Å². The molecule has 0 aromatic rings. The van der Waals surface area contributed by atoms with Crippen molar-refractivity contribution in [3.63, 3.8) is 0 Å². The summed E-state index contributed by atoms with van der Waals surface area (Å²) < 4.78 is 5.96. The number of carbonyl (C=O) groups excluding carboxylic acids is 2. The van der Waals surface area contributed by atoms with E-state index in [1.54, 1.807) is 0 Å². The summed E-state index contributed by atoms with van der Waals surface area (Å²) in [6.45, 7) is 6.81. The van der Waals surface area contributed by atoms with Gasteiger partial charge in [-0.25, -0.2) is 0 Å². The first-order valence-electron chi connectivity index (χ1n) is 17.6. The maximum absolute atomic E-state index is 12.7. The highest BCUT2D eigenvalue weighted by atomic mass is 16.5. The molecule has 0 spiro atoms. The number of hydrogen-bond donors (Lipinski definition) is 1. The van der Waals surface area contributed by atoms with Crippen LogP contribution in [0, 0.1) is 28.6 Å². The van der Waals surface area contributed by atoms with E-state index in [0.29, 0.717) is 30.5 Å². The Bertz CT molecular complexity index is 920. The number of carbonyl (C=O) groups is 2. The van der Waals surface area contributed by atoms with Crippen molar-refractivity contribution >= 4 is 11.8 Å². The molecule has 4 unspecified atom stereocenters. The Balaban J connectivity index is 1.10. The van der Waals surface area contributed by atoms with Crippen molar-refractivity contribution in [3.8, 4) is 0 Å². The molecule has 4 heteroatoms. The summed E-state index contributed by atoms with van der Waals surface area (Å²) >= 11 is 0. The highest BCUT2D eigenvalue weighted by molar-refractivity contribution is 5.87. The van der Waals surface area contributed by atoms with Gasteiger partial charge in [-0.15, -0.1) is 0 Å². The number of ketones is 1. The Kier molecular flexibility index (Phi) is 12.2. The van der Waals surface area contributed by atoms with Crippen LogP contribution in [0.1, 0.15) is 156 Å². The topological polar surface area (TPSA) is 63.6 Å². The molecule has 4 rings (SSSR count). The van der Waals surface area contributed by atoms with Crippen LogP contribution in [0.5, 0.6) is 0 Å². The number of aliphatic hydroxyl groups excluding tert-OH is 1. The van der Waals surface area contributed by atoms with Gasteiger partial charge in [-0.3, -0.25) is 9.59 Å². The van der Waals surface area contributed by atoms with Crippen LogP contribution in [0.25, 0.3) is 0 Å². The van der Waals surface area contributed by atoms with Gasteiger partial charge < -0.3 is 9.84 Å². The highest BCUT2D eigenvalue weighted by Gasteiger charge is 2.60. The minimum absolute atomic E-state index is 0.0519. The highest BCUT2D eigenvalue weighted by Crippen LogP contribution is 2.64. The number of Topliss-reactive ketones (excluding diaryl/α,β-unsaturated/α-hetero) is 1. The van der Waals surface area contributed by atoms with Gasteiger partial charge in [0.25, 0.3) is 0 Å². The van der Waals surface area contributed by atoms with Crippen LogP contribution >= 0.6 is 0 Å². The Labute approximate surface area is 251 Å². The quantitative estimate of drug-likeness (QED) is 0.114. The molecule has 1 N–H and O–H groups in total. The van der Waals surface area contributed by atoms with Crippen LogP contribution in [-0.4, -0.2) is 29.1 Å². The van der Waals surface area contributed by atoms with E-state index in [-0.39, 0.29) is 28.8 Å². The zero-order valence-electron chi connectivity index (χ0n) is 26.6. The molecule has 41 heavy (non-hydrogen) atoms. The van der Waals surface area contributed by atoms with Crippen molar-refractivity contribution in [2.24, 2.45) is 28.6 Å². The van der Waals surface area contributed by atoms with E-state index in [2.05, 4.69) is 39.0 Å². The molecule has 3 saturated carbocycles. The first kappa shape index (κ1) is 32.5. The molecular weight excluding hydrogens is 508 g/mol. The molecule has 0 aromatic carbocycles. The first-order chi connectivity index (χ1) is 19.8. The molecule has 0 aliphatic heterocycles. The van der Waals surface area contributed by atoms with Gasteiger partial charge in [0, 0.05) is 24.7 Å². The average molecular weight is 569 g/mol. The van der Waals surface area contributed by atoms with Crippen LogP contribution in [0.15, 0.2) is 23.8 Å². The zero-order valence-corrected chi connectivity index (χ0v) is 26.6. The molecule has 232 valence electrons. The van der Waals surface area contributed by atoms with Gasteiger partial charge in [-0.2, -0.15) is 0 Å². The number of ether oxygens (including phenoxy) is 1. The summed E-state index contributed by atoms with van der Waals surface area (Å²) in [6.07, 6.45) is 29.4. The van der Waals surface area contributed by atoms with Crippen LogP contribution in [-0.2, 0) is 14.3 Å². The third-order valence-electron chi connectivity index (χ3n) is 11.7. The second-order valence-electron chi connectivity index (χ2n) is 14.5. The molecule has 4 aliphatic carbocycles. The third kappa shape index (κ3) is 7.95. The number of fused-ring (bicyclic) bond motifs is 5. The van der Waals surface area contributed by atoms with Crippen molar-refractivity contribution in [2.75, 3.05) is 0 Å². The SMILES string of the molecule is CCCCCCCC/C=C/CCCCCCCC(=O)O[C@H]1CC[C@@]2(C)C(=CC(O)C3C2CC[C@]2(C)C(=O)CCC32)C1. The van der Waals surface area contributed by atoms with Crippen molar-refractivity contribution in [2.45, 2.75) is 168 Å². The van der Waals surface area contributed by atoms with Gasteiger partial charge in [0.1, 0.15) is 11.9 Å². The molecule has 0 bridgehead atoms. The minimum Gasteiger partial charge on any atom is -0.462 e. The van der Waals surface area contributed by atoms with Gasteiger partial charge in [0.05, 0.1) is 6.10 Å². The number of hydrogen-bond acceptors (Lipinski definition) is 4. The van der Waals surface area contributed by atoms with Crippen molar-refractivity contribution < 1.29 is 19.4 Å². The van der Waals surface area contributed by atoms with Gasteiger partial charge >= 0.3 is 5.97 Å². The summed E-state index contributed by atoms with van der Waals surface area (Å²) in [5, 5.41) is 11.3. The lowest BCUT2D eigenvalue weighted by atomic mass is 9.47. The Morgan fingerprint density at radius 1 is 0.878 bits per heavy atom. The third-order valence-corrected chi connectivity index (χ3v) is 11.7. The molecule has 7 atom stereocenters. The summed E-state index contributed by atoms with van der Waals surface area (Å²) in [5.74, 6) is 1.28. The summed E-state index contributed by atoms with van der Waals surface area (Å²) in [6, 6.07) is 0. The number of rotatable bonds is 16. The van der Waals surface area contributed by atoms with E-state index in [1.807, 2.05) is 0 Å². The minimum atomic E-state index is -0.483. The fraction of sp³-hybridized carbons (Fsp3) is 0.838. The molecule has 0 amide bonds. The lowest BCUT2D eigenvalue weighted by molar-refractivity contribution is -0.152. The van der Waals surface area contributed by atoms with Crippen LogP contribution < -0.4 is 0 Å². The smallest absolute Gasteiger partial charge is 0.306 e. The summed E-state index contributed by atoms with van der Waals surface area (Å²) in [4.78, 5) is 25.3. The van der Waals surface area contributed by atoms with Crippen molar-refractivity contribution in [3.05, 3.63) is 23.8 Å². The Morgan fingerprint density at radius 3 is 2.20 bits per heavy atom. The van der Waals surface area contributed by atoms with Crippen LogP contribution in [0.2, 0.25) is 0 Å². The van der Waals surface area contributed by atoms with Crippen molar-refractivity contribution in [1.29, 1.82) is 0 Å². The zero-order chi connectivity index (χ0) is 29.3. The standard InChI is InChI=1S/C37H60O4/c1-4-5-6-7-8-9-10-11-12-13-14-15-16-17-18-19-34(40)41-29-22-24-36(2)28(26-29)27-32(38)35-30-20-21-33(39)37(30,3)25-23-31(35)36/h11-12,27,29-32,35,38H,4-10,13-26H2,1-3H3/b12-11+/t29-,30?,31?,32?,35?,36-,37-/m0/s1. The lowest BCUT2D eigenvalue weighted by Crippen LogP contribution is -2.54. The van der Waals surface area contributed by atoms with E-state index in [4.69, 9.17) is 4.74 Å². The van der Waals surface area contributed by atoms with E-state index in [1.165, 1.54) is 76.2 Å². The largest absolute Gasteiger partial charge is 0.462 e. The predicted molar refractivity (Wildman–Crippen MR) is 167 cm³/mol. The van der Waals surface area contributed by atoms with Crippen LogP contribution in [0.3, 0.4) is 0 Å². The number of allylic oxidation sites excluding steroid dienone is 2. The lowest BCUT2D eigenvalue weighted by Gasteiger charge is -2.58. The average Bonchev–Trinajstić information content (AvgIpc) is 3.25. The molecule has 0 saturated heterocycles. The molecule has 4 nitrogen and oxygen atoms in total. The molecule has 4 aliphatic rings. The molecule has 0 heterocycles. The van der Waals surface area contributed by atoms with Crippen molar-refractivity contribution in [1.82, 2.24) is 0 Å². The van der Waals surface area contributed by atoms with E-state index < -0.39 is 6.10 Å².